The van der Waals surface area contributed by atoms with E-state index in [0.717, 1.165) is 34.4 Å². The maximum Gasteiger partial charge on any atom is 0.255 e. The Balaban J connectivity index is 1.63. The Labute approximate surface area is 150 Å². The zero-order valence-electron chi connectivity index (χ0n) is 13.7. The number of nitrogens with zero attached hydrogens (tertiary/aromatic N) is 2. The fourth-order valence-corrected chi connectivity index (χ4v) is 3.76. The molecule has 1 amide bonds. The van der Waals surface area contributed by atoms with Crippen LogP contribution in [0.5, 0.6) is 5.75 Å². The van der Waals surface area contributed by atoms with Crippen LogP contribution in [0.2, 0.25) is 0 Å². The van der Waals surface area contributed by atoms with E-state index in [4.69, 9.17) is 4.74 Å². The van der Waals surface area contributed by atoms with Gasteiger partial charge in [0, 0.05) is 29.6 Å². The number of nitrogens with one attached hydrogen (secondary N) is 1. The zero-order chi connectivity index (χ0) is 17.2. The Bertz CT molecular complexity index is 914. The highest BCUT2D eigenvalue weighted by Gasteiger charge is 2.18. The number of aryl methyl sites for hydroxylation is 1. The first-order chi connectivity index (χ1) is 12.2. The van der Waals surface area contributed by atoms with Crippen LogP contribution < -0.4 is 10.1 Å². The Morgan fingerprint density at radius 3 is 2.96 bits per heavy atom. The number of hydrogen-bond donors (Lipinski definition) is 1. The molecule has 2 aromatic carbocycles. The third-order valence-electron chi connectivity index (χ3n) is 4.09. The number of thioether (sulfide) groups is 1. The molecule has 0 radical (unpaired) electrons. The summed E-state index contributed by atoms with van der Waals surface area (Å²) in [7, 11) is 1.59. The molecule has 1 aliphatic heterocycles. The number of aromatic nitrogens is 2. The highest BCUT2D eigenvalue weighted by molar-refractivity contribution is 7.99. The van der Waals surface area contributed by atoms with E-state index < -0.39 is 0 Å². The van der Waals surface area contributed by atoms with Gasteiger partial charge in [-0.15, -0.1) is 0 Å². The van der Waals surface area contributed by atoms with E-state index in [1.807, 2.05) is 36.5 Å². The standard InChI is InChI=1S/C19H17N3O2S/c1-24-14-6-4-5-13(11-14)18(23)20-16-8-3-2-7-15(16)17-12-22-9-10-25-19(22)21-17/h2-8,11-12H,9-10H2,1H3,(H,20,23). The normalized spacial score (nSPS) is 12.7. The van der Waals surface area contributed by atoms with Crippen LogP contribution in [0.3, 0.4) is 0 Å². The highest BCUT2D eigenvalue weighted by Crippen LogP contribution is 2.32. The monoisotopic (exact) mass is 351 g/mol. The van der Waals surface area contributed by atoms with Gasteiger partial charge in [0.05, 0.1) is 18.5 Å². The first-order valence-corrected chi connectivity index (χ1v) is 8.98. The molecule has 0 atom stereocenters. The van der Waals surface area contributed by atoms with Crippen LogP contribution in [0.1, 0.15) is 10.4 Å². The number of amides is 1. The molecule has 1 aliphatic rings. The quantitative estimate of drug-likeness (QED) is 0.774. The number of carbonyl (C=O) groups excluding carboxylic acids is 1. The summed E-state index contributed by atoms with van der Waals surface area (Å²) in [6.45, 7) is 0.978. The van der Waals surface area contributed by atoms with Crippen molar-refractivity contribution < 1.29 is 9.53 Å². The van der Waals surface area contributed by atoms with Gasteiger partial charge in [-0.1, -0.05) is 36.0 Å². The molecule has 126 valence electrons. The van der Waals surface area contributed by atoms with Crippen LogP contribution in [0.25, 0.3) is 11.3 Å². The van der Waals surface area contributed by atoms with Gasteiger partial charge in [-0.05, 0) is 24.3 Å². The number of fused-ring (bicyclic) bond motifs is 1. The van der Waals surface area contributed by atoms with Gasteiger partial charge < -0.3 is 14.6 Å². The number of para-hydroxylation sites is 1. The second-order valence-corrected chi connectivity index (χ2v) is 6.74. The van der Waals surface area contributed by atoms with Crippen LogP contribution in [0.4, 0.5) is 5.69 Å². The van der Waals surface area contributed by atoms with Gasteiger partial charge in [0.15, 0.2) is 5.16 Å². The molecule has 3 aromatic rings. The summed E-state index contributed by atoms with van der Waals surface area (Å²) in [5, 5.41) is 4.02. The lowest BCUT2D eigenvalue weighted by atomic mass is 10.1. The Morgan fingerprint density at radius 1 is 1.24 bits per heavy atom. The van der Waals surface area contributed by atoms with E-state index >= 15 is 0 Å². The summed E-state index contributed by atoms with van der Waals surface area (Å²) in [4.78, 5) is 17.3. The number of carbonyl (C=O) groups is 1. The lowest BCUT2D eigenvalue weighted by molar-refractivity contribution is 0.102. The van der Waals surface area contributed by atoms with Crippen LogP contribution in [0.15, 0.2) is 59.9 Å². The van der Waals surface area contributed by atoms with Gasteiger partial charge >= 0.3 is 0 Å². The van der Waals surface area contributed by atoms with Gasteiger partial charge in [-0.2, -0.15) is 0 Å². The van der Waals surface area contributed by atoms with Crippen molar-refractivity contribution in [3.8, 4) is 17.0 Å². The van der Waals surface area contributed by atoms with E-state index in [-0.39, 0.29) is 5.91 Å². The number of rotatable bonds is 4. The maximum atomic E-state index is 12.6. The van der Waals surface area contributed by atoms with E-state index in [1.54, 1.807) is 37.1 Å². The van der Waals surface area contributed by atoms with E-state index in [1.165, 1.54) is 0 Å². The molecular formula is C19H17N3O2S. The van der Waals surface area contributed by atoms with E-state index in [2.05, 4.69) is 14.9 Å². The molecule has 0 unspecified atom stereocenters. The maximum absolute atomic E-state index is 12.6. The van der Waals surface area contributed by atoms with E-state index in [0.29, 0.717) is 11.3 Å². The van der Waals surface area contributed by atoms with Gasteiger partial charge in [-0.3, -0.25) is 4.79 Å². The first kappa shape index (κ1) is 15.8. The highest BCUT2D eigenvalue weighted by atomic mass is 32.2. The first-order valence-electron chi connectivity index (χ1n) is 7.99. The van der Waals surface area contributed by atoms with Crippen molar-refractivity contribution in [2.24, 2.45) is 0 Å². The number of benzene rings is 2. The van der Waals surface area contributed by atoms with E-state index in [9.17, 15) is 4.79 Å². The Kier molecular flexibility index (Phi) is 4.19. The zero-order valence-corrected chi connectivity index (χ0v) is 14.5. The van der Waals surface area contributed by atoms with Gasteiger partial charge in [0.1, 0.15) is 5.75 Å². The van der Waals surface area contributed by atoms with Crippen molar-refractivity contribution in [1.82, 2.24) is 9.55 Å². The van der Waals surface area contributed by atoms with Gasteiger partial charge in [0.25, 0.3) is 5.91 Å². The number of hydrogen-bond acceptors (Lipinski definition) is 4. The minimum atomic E-state index is -0.174. The van der Waals surface area contributed by atoms with Gasteiger partial charge in [-0.25, -0.2) is 4.98 Å². The molecule has 1 N–H and O–H groups in total. The number of methoxy groups -OCH3 is 1. The summed E-state index contributed by atoms with van der Waals surface area (Å²) in [5.41, 5.74) is 3.10. The minimum Gasteiger partial charge on any atom is -0.497 e. The predicted octanol–water partition coefficient (Wildman–Crippen LogP) is 3.92. The second kappa shape index (κ2) is 6.64. The molecular weight excluding hydrogens is 334 g/mol. The summed E-state index contributed by atoms with van der Waals surface area (Å²) in [6.07, 6.45) is 2.05. The lowest BCUT2D eigenvalue weighted by Gasteiger charge is -2.10. The molecule has 0 fully saturated rings. The molecule has 25 heavy (non-hydrogen) atoms. The van der Waals surface area contributed by atoms with Crippen LogP contribution in [-0.2, 0) is 6.54 Å². The molecule has 0 saturated carbocycles. The fraction of sp³-hybridized carbons (Fsp3) is 0.158. The molecule has 0 bridgehead atoms. The molecule has 5 nitrogen and oxygen atoms in total. The smallest absolute Gasteiger partial charge is 0.255 e. The minimum absolute atomic E-state index is 0.174. The average molecular weight is 351 g/mol. The molecule has 0 aliphatic carbocycles. The van der Waals surface area contributed by atoms with Crippen molar-refractivity contribution in [2.45, 2.75) is 11.7 Å². The third-order valence-corrected chi connectivity index (χ3v) is 5.06. The topological polar surface area (TPSA) is 56.1 Å². The largest absolute Gasteiger partial charge is 0.497 e. The van der Waals surface area contributed by atoms with Crippen molar-refractivity contribution in [2.75, 3.05) is 18.2 Å². The van der Waals surface area contributed by atoms with Gasteiger partial charge in [0.2, 0.25) is 0 Å². The number of imidazole rings is 1. The molecule has 4 rings (SSSR count). The number of anilines is 1. The Morgan fingerprint density at radius 2 is 2.12 bits per heavy atom. The third kappa shape index (κ3) is 3.13. The SMILES string of the molecule is COc1cccc(C(=O)Nc2ccccc2-c2cn3c(n2)SCC3)c1. The van der Waals surface area contributed by atoms with Crippen molar-refractivity contribution in [3.05, 3.63) is 60.3 Å². The lowest BCUT2D eigenvalue weighted by Crippen LogP contribution is -2.12. The molecule has 6 heteroatoms. The second-order valence-electron chi connectivity index (χ2n) is 5.68. The number of ether oxygens (including phenoxy) is 1. The Hall–Kier alpha value is -2.73. The molecule has 0 spiro atoms. The average Bonchev–Trinajstić information content (AvgIpc) is 3.24. The molecule has 1 aromatic heterocycles. The summed E-state index contributed by atoms with van der Waals surface area (Å²) >= 11 is 1.75. The van der Waals surface area contributed by atoms with Crippen LogP contribution in [0, 0.1) is 0 Å². The predicted molar refractivity (Wildman–Crippen MR) is 99.3 cm³/mol. The fourth-order valence-electron chi connectivity index (χ4n) is 2.81. The summed E-state index contributed by atoms with van der Waals surface area (Å²) in [5.74, 6) is 1.55. The summed E-state index contributed by atoms with van der Waals surface area (Å²) in [6, 6.07) is 14.8. The molecule has 2 heterocycles. The van der Waals surface area contributed by atoms with Crippen molar-refractivity contribution in [1.29, 1.82) is 0 Å². The summed E-state index contributed by atoms with van der Waals surface area (Å²) < 4.78 is 7.34. The van der Waals surface area contributed by atoms with Crippen LogP contribution in [-0.4, -0.2) is 28.3 Å². The van der Waals surface area contributed by atoms with Crippen molar-refractivity contribution in [3.63, 3.8) is 0 Å². The molecule has 0 saturated heterocycles. The van der Waals surface area contributed by atoms with Crippen molar-refractivity contribution >= 4 is 23.4 Å². The van der Waals surface area contributed by atoms with Crippen LogP contribution >= 0.6 is 11.8 Å².